The van der Waals surface area contributed by atoms with E-state index in [9.17, 15) is 13.2 Å². The van der Waals surface area contributed by atoms with Gasteiger partial charge in [0.25, 0.3) is 0 Å². The molecule has 0 bridgehead atoms. The second-order valence-corrected chi connectivity index (χ2v) is 6.64. The molecule has 2 aromatic carbocycles. The highest BCUT2D eigenvalue weighted by Crippen LogP contribution is 2.27. The Morgan fingerprint density at radius 3 is 2.63 bits per heavy atom. The van der Waals surface area contributed by atoms with Crippen LogP contribution in [0.15, 0.2) is 53.8 Å². The second kappa shape index (κ2) is 8.44. The number of halogens is 3. The molecule has 1 aliphatic rings. The van der Waals surface area contributed by atoms with Crippen molar-refractivity contribution >= 4 is 22.7 Å². The van der Waals surface area contributed by atoms with E-state index in [-0.39, 0.29) is 5.56 Å². The molecule has 154 valence electrons. The Bertz CT molecular complexity index is 1120. The van der Waals surface area contributed by atoms with E-state index in [0.717, 1.165) is 23.0 Å². The van der Waals surface area contributed by atoms with Gasteiger partial charge in [-0.2, -0.15) is 0 Å². The zero-order valence-electron chi connectivity index (χ0n) is 16.1. The summed E-state index contributed by atoms with van der Waals surface area (Å²) >= 11 is 0. The molecule has 4 rings (SSSR count). The summed E-state index contributed by atoms with van der Waals surface area (Å²) in [5, 5.41) is 0.864. The Hall–Kier alpha value is -3.55. The Morgan fingerprint density at radius 2 is 1.87 bits per heavy atom. The molecular weight excluding hydrogens is 395 g/mol. The van der Waals surface area contributed by atoms with Crippen LogP contribution in [0.5, 0.6) is 11.5 Å². The Labute approximate surface area is 171 Å². The molecule has 0 saturated heterocycles. The van der Waals surface area contributed by atoms with Gasteiger partial charge in [-0.05, 0) is 35.9 Å². The lowest BCUT2D eigenvalue weighted by Crippen LogP contribution is -2.26. The van der Waals surface area contributed by atoms with Crippen LogP contribution in [0.4, 0.5) is 13.2 Å². The summed E-state index contributed by atoms with van der Waals surface area (Å²) in [7, 11) is 1.60. The summed E-state index contributed by atoms with van der Waals surface area (Å²) in [4.78, 5) is 10.4. The van der Waals surface area contributed by atoms with Gasteiger partial charge < -0.3 is 14.4 Å². The van der Waals surface area contributed by atoms with Gasteiger partial charge in [0, 0.05) is 35.6 Å². The summed E-state index contributed by atoms with van der Waals surface area (Å²) in [5.74, 6) is -2.55. The second-order valence-electron chi connectivity index (χ2n) is 6.64. The predicted molar refractivity (Wildman–Crippen MR) is 108 cm³/mol. The van der Waals surface area contributed by atoms with E-state index in [4.69, 9.17) is 9.47 Å². The van der Waals surface area contributed by atoms with Crippen molar-refractivity contribution in [2.45, 2.75) is 0 Å². The Balaban J connectivity index is 1.45. The lowest BCUT2D eigenvalue weighted by atomic mass is 10.1. The van der Waals surface area contributed by atoms with E-state index in [2.05, 4.69) is 9.98 Å². The molecule has 2 heterocycles. The van der Waals surface area contributed by atoms with Gasteiger partial charge in [0.05, 0.1) is 19.2 Å². The predicted octanol–water partition coefficient (Wildman–Crippen LogP) is 4.42. The van der Waals surface area contributed by atoms with Gasteiger partial charge in [-0.3, -0.25) is 9.98 Å². The van der Waals surface area contributed by atoms with E-state index in [1.807, 2.05) is 23.1 Å². The third kappa shape index (κ3) is 4.07. The zero-order chi connectivity index (χ0) is 21.1. The summed E-state index contributed by atoms with van der Waals surface area (Å²) in [6.45, 7) is 1.23. The highest BCUT2D eigenvalue weighted by molar-refractivity contribution is 6.10. The van der Waals surface area contributed by atoms with Crippen molar-refractivity contribution in [3.8, 4) is 11.5 Å². The van der Waals surface area contributed by atoms with Crippen LogP contribution in [0.3, 0.4) is 0 Å². The Morgan fingerprint density at radius 1 is 1.07 bits per heavy atom. The number of hydrogen-bond donors (Lipinski definition) is 0. The van der Waals surface area contributed by atoms with Gasteiger partial charge in [0.1, 0.15) is 24.8 Å². The quantitative estimate of drug-likeness (QED) is 0.561. The lowest BCUT2D eigenvalue weighted by molar-refractivity contribution is 0.259. The standard InChI is InChI=1S/C22H18F3N3O2/c1-29-16-2-3-17-20(10-16)27-5-4-21(17)30-7-6-28-12-15(11-26-13-28)14-8-18(23)22(25)19(24)9-14/h2-5,8-12H,6-7,13H2,1H3. The van der Waals surface area contributed by atoms with Crippen LogP contribution in [0.2, 0.25) is 0 Å². The molecule has 0 unspecified atom stereocenters. The SMILES string of the molecule is COc1ccc2c(OCCN3C=C(c4cc(F)c(F)c(F)c4)C=NC3)ccnc2c1. The molecule has 3 aromatic rings. The van der Waals surface area contributed by atoms with Gasteiger partial charge in [-0.1, -0.05) is 0 Å². The Kier molecular flexibility index (Phi) is 5.56. The molecule has 0 atom stereocenters. The number of fused-ring (bicyclic) bond motifs is 1. The van der Waals surface area contributed by atoms with Crippen molar-refractivity contribution in [2.75, 3.05) is 26.9 Å². The minimum absolute atomic E-state index is 0.217. The minimum Gasteiger partial charge on any atom is -0.497 e. The number of pyridine rings is 1. The van der Waals surface area contributed by atoms with Crippen molar-refractivity contribution in [3.63, 3.8) is 0 Å². The number of allylic oxidation sites excluding steroid dienone is 1. The smallest absolute Gasteiger partial charge is 0.194 e. The summed E-state index contributed by atoms with van der Waals surface area (Å²) in [5.41, 5.74) is 1.47. The topological polar surface area (TPSA) is 47.0 Å². The first-order chi connectivity index (χ1) is 14.5. The van der Waals surface area contributed by atoms with Gasteiger partial charge in [0.2, 0.25) is 0 Å². The third-order valence-corrected chi connectivity index (χ3v) is 4.68. The summed E-state index contributed by atoms with van der Waals surface area (Å²) in [6, 6.07) is 9.25. The van der Waals surface area contributed by atoms with E-state index in [0.29, 0.717) is 36.9 Å². The number of rotatable bonds is 6. The molecule has 1 aliphatic heterocycles. The molecule has 0 aliphatic carbocycles. The van der Waals surface area contributed by atoms with Crippen LogP contribution in [-0.2, 0) is 0 Å². The maximum absolute atomic E-state index is 13.5. The van der Waals surface area contributed by atoms with Gasteiger partial charge in [-0.25, -0.2) is 13.2 Å². The molecule has 8 heteroatoms. The van der Waals surface area contributed by atoms with Crippen LogP contribution in [-0.4, -0.2) is 43.0 Å². The number of benzene rings is 2. The first-order valence-electron chi connectivity index (χ1n) is 9.21. The first kappa shape index (κ1) is 19.8. The normalized spacial score (nSPS) is 13.5. The molecule has 0 N–H and O–H groups in total. The molecule has 0 amide bonds. The number of hydrogen-bond acceptors (Lipinski definition) is 5. The maximum Gasteiger partial charge on any atom is 0.194 e. The van der Waals surface area contributed by atoms with Crippen molar-refractivity contribution in [1.29, 1.82) is 0 Å². The fraction of sp³-hybridized carbons (Fsp3) is 0.182. The number of nitrogens with zero attached hydrogens (tertiary/aromatic N) is 3. The number of aliphatic imine (C=N–C) groups is 1. The highest BCUT2D eigenvalue weighted by atomic mass is 19.2. The average Bonchev–Trinajstić information content (AvgIpc) is 2.77. The first-order valence-corrected chi connectivity index (χ1v) is 9.21. The fourth-order valence-corrected chi connectivity index (χ4v) is 3.15. The highest BCUT2D eigenvalue weighted by Gasteiger charge is 2.15. The van der Waals surface area contributed by atoms with E-state index in [1.165, 1.54) is 6.21 Å². The van der Waals surface area contributed by atoms with Crippen molar-refractivity contribution in [3.05, 3.63) is 71.8 Å². The number of methoxy groups -OCH3 is 1. The van der Waals surface area contributed by atoms with Crippen molar-refractivity contribution < 1.29 is 22.6 Å². The molecular formula is C22H18F3N3O2. The van der Waals surface area contributed by atoms with Crippen LogP contribution in [0, 0.1) is 17.5 Å². The van der Waals surface area contributed by atoms with Crippen LogP contribution >= 0.6 is 0 Å². The van der Waals surface area contributed by atoms with Crippen LogP contribution in [0.1, 0.15) is 5.56 Å². The molecule has 0 spiro atoms. The van der Waals surface area contributed by atoms with Crippen molar-refractivity contribution in [2.24, 2.45) is 4.99 Å². The molecule has 0 radical (unpaired) electrons. The molecule has 1 aromatic heterocycles. The average molecular weight is 413 g/mol. The molecule has 0 saturated carbocycles. The summed E-state index contributed by atoms with van der Waals surface area (Å²) in [6.07, 6.45) is 4.89. The van der Waals surface area contributed by atoms with Gasteiger partial charge >= 0.3 is 0 Å². The third-order valence-electron chi connectivity index (χ3n) is 4.68. The fourth-order valence-electron chi connectivity index (χ4n) is 3.15. The molecule has 5 nitrogen and oxygen atoms in total. The zero-order valence-corrected chi connectivity index (χ0v) is 16.1. The monoisotopic (exact) mass is 413 g/mol. The van der Waals surface area contributed by atoms with Gasteiger partial charge in [0.15, 0.2) is 17.5 Å². The number of aromatic nitrogens is 1. The van der Waals surface area contributed by atoms with E-state index in [1.54, 1.807) is 25.6 Å². The molecule has 30 heavy (non-hydrogen) atoms. The molecule has 0 fully saturated rings. The maximum atomic E-state index is 13.5. The lowest BCUT2D eigenvalue weighted by Gasteiger charge is -2.23. The van der Waals surface area contributed by atoms with Gasteiger partial charge in [-0.15, -0.1) is 0 Å². The van der Waals surface area contributed by atoms with E-state index >= 15 is 0 Å². The summed E-state index contributed by atoms with van der Waals surface area (Å²) < 4.78 is 51.4. The number of ether oxygens (including phenoxy) is 2. The van der Waals surface area contributed by atoms with Crippen molar-refractivity contribution in [1.82, 2.24) is 9.88 Å². The minimum atomic E-state index is -1.49. The van der Waals surface area contributed by atoms with Crippen LogP contribution in [0.25, 0.3) is 16.5 Å². The largest absolute Gasteiger partial charge is 0.497 e. The van der Waals surface area contributed by atoms with E-state index < -0.39 is 17.5 Å². The van der Waals surface area contributed by atoms with Crippen LogP contribution < -0.4 is 9.47 Å².